The summed E-state index contributed by atoms with van der Waals surface area (Å²) in [6.45, 7) is 2.30. The standard InChI is InChI=1S/C11H21NS/c1-2-10-9-13-11(12-10)7-5-3-4-6-8-11/h10,12H,2-9H2,1H3. The Morgan fingerprint density at radius 2 is 1.92 bits per heavy atom. The molecule has 1 saturated heterocycles. The van der Waals surface area contributed by atoms with Gasteiger partial charge in [0.05, 0.1) is 4.87 Å². The summed E-state index contributed by atoms with van der Waals surface area (Å²) in [5.74, 6) is 1.34. The summed E-state index contributed by atoms with van der Waals surface area (Å²) in [6.07, 6.45) is 9.92. The van der Waals surface area contributed by atoms with Crippen LogP contribution in [0.5, 0.6) is 0 Å². The molecule has 1 aliphatic heterocycles. The first-order chi connectivity index (χ1) is 6.35. The van der Waals surface area contributed by atoms with Crippen molar-refractivity contribution in [3.8, 4) is 0 Å². The Hall–Kier alpha value is 0.310. The van der Waals surface area contributed by atoms with Crippen LogP contribution in [0.15, 0.2) is 0 Å². The number of thioether (sulfide) groups is 1. The van der Waals surface area contributed by atoms with E-state index in [1.165, 1.54) is 50.7 Å². The van der Waals surface area contributed by atoms with E-state index in [4.69, 9.17) is 0 Å². The van der Waals surface area contributed by atoms with E-state index >= 15 is 0 Å². The maximum atomic E-state index is 3.86. The van der Waals surface area contributed by atoms with Crippen LogP contribution >= 0.6 is 11.8 Å². The molecule has 0 aromatic heterocycles. The number of nitrogens with one attached hydrogen (secondary N) is 1. The fourth-order valence-corrected chi connectivity index (χ4v) is 4.19. The van der Waals surface area contributed by atoms with Gasteiger partial charge in [0, 0.05) is 11.8 Å². The van der Waals surface area contributed by atoms with Gasteiger partial charge in [-0.1, -0.05) is 32.6 Å². The molecule has 1 spiro atoms. The average Bonchev–Trinajstić information content (AvgIpc) is 2.40. The minimum absolute atomic E-state index is 0.497. The van der Waals surface area contributed by atoms with Gasteiger partial charge in [-0.3, -0.25) is 5.32 Å². The Balaban J connectivity index is 1.95. The van der Waals surface area contributed by atoms with E-state index < -0.39 is 0 Å². The lowest BCUT2D eigenvalue weighted by molar-refractivity contribution is 0.392. The molecule has 1 unspecified atom stereocenters. The van der Waals surface area contributed by atoms with Crippen LogP contribution in [0.2, 0.25) is 0 Å². The molecule has 1 N–H and O–H groups in total. The van der Waals surface area contributed by atoms with Gasteiger partial charge in [0.1, 0.15) is 0 Å². The van der Waals surface area contributed by atoms with Gasteiger partial charge in [0.25, 0.3) is 0 Å². The molecule has 2 rings (SSSR count). The molecule has 0 radical (unpaired) electrons. The third-order valence-electron chi connectivity index (χ3n) is 3.43. The molecular formula is C11H21NS. The zero-order chi connectivity index (χ0) is 9.15. The average molecular weight is 199 g/mol. The van der Waals surface area contributed by atoms with Gasteiger partial charge < -0.3 is 0 Å². The minimum atomic E-state index is 0.497. The highest BCUT2D eigenvalue weighted by Gasteiger charge is 2.38. The zero-order valence-corrected chi connectivity index (χ0v) is 9.46. The predicted molar refractivity (Wildman–Crippen MR) is 60.1 cm³/mol. The molecule has 2 fully saturated rings. The lowest BCUT2D eigenvalue weighted by Crippen LogP contribution is -2.41. The SMILES string of the molecule is CCC1CSC2(CCCCCC2)N1. The second kappa shape index (κ2) is 4.22. The van der Waals surface area contributed by atoms with E-state index in [1.807, 2.05) is 0 Å². The lowest BCUT2D eigenvalue weighted by atomic mass is 10.1. The van der Waals surface area contributed by atoms with Crippen molar-refractivity contribution in [2.45, 2.75) is 62.8 Å². The third kappa shape index (κ3) is 2.21. The predicted octanol–water partition coefficient (Wildman–Crippen LogP) is 3.15. The van der Waals surface area contributed by atoms with Crippen molar-refractivity contribution in [3.63, 3.8) is 0 Å². The van der Waals surface area contributed by atoms with Crippen LogP contribution < -0.4 is 5.32 Å². The van der Waals surface area contributed by atoms with Crippen molar-refractivity contribution in [2.75, 3.05) is 5.75 Å². The molecule has 1 aliphatic carbocycles. The van der Waals surface area contributed by atoms with E-state index in [-0.39, 0.29) is 0 Å². The molecule has 0 aromatic carbocycles. The van der Waals surface area contributed by atoms with Crippen LogP contribution in [0.3, 0.4) is 0 Å². The first kappa shape index (κ1) is 9.85. The van der Waals surface area contributed by atoms with Crippen LogP contribution in [0.25, 0.3) is 0 Å². The summed E-state index contributed by atoms with van der Waals surface area (Å²) in [4.78, 5) is 0.497. The summed E-state index contributed by atoms with van der Waals surface area (Å²) in [5.41, 5.74) is 0. The molecule has 0 amide bonds. The van der Waals surface area contributed by atoms with Crippen molar-refractivity contribution >= 4 is 11.8 Å². The second-order valence-electron chi connectivity index (χ2n) is 4.47. The largest absolute Gasteiger partial charge is 0.299 e. The third-order valence-corrected chi connectivity index (χ3v) is 5.08. The first-order valence-electron chi connectivity index (χ1n) is 5.76. The first-order valence-corrected chi connectivity index (χ1v) is 6.75. The molecule has 13 heavy (non-hydrogen) atoms. The lowest BCUT2D eigenvalue weighted by Gasteiger charge is -2.28. The van der Waals surface area contributed by atoms with E-state index in [9.17, 15) is 0 Å². The summed E-state index contributed by atoms with van der Waals surface area (Å²) >= 11 is 2.20. The van der Waals surface area contributed by atoms with E-state index in [2.05, 4.69) is 24.0 Å². The van der Waals surface area contributed by atoms with Gasteiger partial charge in [-0.05, 0) is 19.3 Å². The number of rotatable bonds is 1. The van der Waals surface area contributed by atoms with E-state index in [0.717, 1.165) is 6.04 Å². The fraction of sp³-hybridized carbons (Fsp3) is 1.00. The normalized spacial score (nSPS) is 33.5. The van der Waals surface area contributed by atoms with Crippen LogP contribution in [-0.4, -0.2) is 16.7 Å². The van der Waals surface area contributed by atoms with Gasteiger partial charge in [0.2, 0.25) is 0 Å². The molecule has 1 nitrogen and oxygen atoms in total. The van der Waals surface area contributed by atoms with Gasteiger partial charge in [-0.25, -0.2) is 0 Å². The van der Waals surface area contributed by atoms with Crippen molar-refractivity contribution in [3.05, 3.63) is 0 Å². The monoisotopic (exact) mass is 199 g/mol. The number of hydrogen-bond donors (Lipinski definition) is 1. The van der Waals surface area contributed by atoms with Crippen molar-refractivity contribution in [1.29, 1.82) is 0 Å². The van der Waals surface area contributed by atoms with Gasteiger partial charge in [0.15, 0.2) is 0 Å². The molecule has 0 bridgehead atoms. The van der Waals surface area contributed by atoms with Crippen LogP contribution in [0.1, 0.15) is 51.9 Å². The molecule has 1 atom stereocenters. The van der Waals surface area contributed by atoms with E-state index in [1.54, 1.807) is 0 Å². The smallest absolute Gasteiger partial charge is 0.0648 e. The molecule has 2 heteroatoms. The Morgan fingerprint density at radius 3 is 2.46 bits per heavy atom. The van der Waals surface area contributed by atoms with Gasteiger partial charge >= 0.3 is 0 Å². The summed E-state index contributed by atoms with van der Waals surface area (Å²) in [7, 11) is 0. The quantitative estimate of drug-likeness (QED) is 0.696. The Bertz CT molecular complexity index is 161. The Labute approximate surface area is 86.0 Å². The minimum Gasteiger partial charge on any atom is -0.299 e. The molecule has 1 saturated carbocycles. The maximum absolute atomic E-state index is 3.86. The van der Waals surface area contributed by atoms with Gasteiger partial charge in [-0.15, -0.1) is 11.8 Å². The molecule has 0 aromatic rings. The summed E-state index contributed by atoms with van der Waals surface area (Å²) < 4.78 is 0. The summed E-state index contributed by atoms with van der Waals surface area (Å²) in [5, 5.41) is 3.86. The van der Waals surface area contributed by atoms with Crippen molar-refractivity contribution in [2.24, 2.45) is 0 Å². The van der Waals surface area contributed by atoms with Gasteiger partial charge in [-0.2, -0.15) is 0 Å². The second-order valence-corrected chi connectivity index (χ2v) is 5.87. The topological polar surface area (TPSA) is 12.0 Å². The Kier molecular flexibility index (Phi) is 3.20. The maximum Gasteiger partial charge on any atom is 0.0648 e. The fourth-order valence-electron chi connectivity index (χ4n) is 2.52. The van der Waals surface area contributed by atoms with Crippen LogP contribution in [0.4, 0.5) is 0 Å². The highest BCUT2D eigenvalue weighted by Crippen LogP contribution is 2.41. The van der Waals surface area contributed by atoms with Crippen LogP contribution in [0, 0.1) is 0 Å². The molecule has 76 valence electrons. The molecular weight excluding hydrogens is 178 g/mol. The molecule has 2 aliphatic rings. The highest BCUT2D eigenvalue weighted by atomic mass is 32.2. The zero-order valence-electron chi connectivity index (χ0n) is 8.64. The molecule has 1 heterocycles. The van der Waals surface area contributed by atoms with Crippen molar-refractivity contribution in [1.82, 2.24) is 5.32 Å². The number of hydrogen-bond acceptors (Lipinski definition) is 2. The summed E-state index contributed by atoms with van der Waals surface area (Å²) in [6, 6.07) is 0.795. The van der Waals surface area contributed by atoms with E-state index in [0.29, 0.717) is 4.87 Å². The van der Waals surface area contributed by atoms with Crippen molar-refractivity contribution < 1.29 is 0 Å². The van der Waals surface area contributed by atoms with Crippen LogP contribution in [-0.2, 0) is 0 Å². The highest BCUT2D eigenvalue weighted by molar-refractivity contribution is 8.00. The Morgan fingerprint density at radius 1 is 1.23 bits per heavy atom.